The fraction of sp³-hybridized carbons (Fsp3) is 0.556. The van der Waals surface area contributed by atoms with E-state index in [1.54, 1.807) is 32.9 Å². The number of alkyl carbamates (subject to hydrolysis) is 1. The van der Waals surface area contributed by atoms with E-state index in [1.807, 2.05) is 20.0 Å². The van der Waals surface area contributed by atoms with Gasteiger partial charge in [0.05, 0.1) is 6.04 Å². The SMILES string of the molecule is C=C/C=C(\C=C)C(CC(C=O)NC(=O)OC(C)(C)C)C(C)NC. The van der Waals surface area contributed by atoms with Crippen molar-refractivity contribution in [1.82, 2.24) is 10.6 Å². The van der Waals surface area contributed by atoms with Crippen LogP contribution in [-0.4, -0.2) is 37.1 Å². The minimum atomic E-state index is -0.640. The van der Waals surface area contributed by atoms with Crippen LogP contribution in [0.4, 0.5) is 4.79 Å². The fourth-order valence-corrected chi connectivity index (χ4v) is 2.19. The van der Waals surface area contributed by atoms with Gasteiger partial charge < -0.3 is 20.2 Å². The van der Waals surface area contributed by atoms with Gasteiger partial charge in [-0.2, -0.15) is 0 Å². The number of hydrogen-bond acceptors (Lipinski definition) is 4. The third-order valence-corrected chi connectivity index (χ3v) is 3.41. The van der Waals surface area contributed by atoms with E-state index >= 15 is 0 Å². The average molecular weight is 322 g/mol. The Bertz CT molecular complexity index is 450. The summed E-state index contributed by atoms with van der Waals surface area (Å²) in [4.78, 5) is 23.2. The normalized spacial score (nSPS) is 16.0. The highest BCUT2D eigenvalue weighted by Crippen LogP contribution is 2.22. The van der Waals surface area contributed by atoms with Gasteiger partial charge in [-0.1, -0.05) is 31.4 Å². The van der Waals surface area contributed by atoms with Crippen molar-refractivity contribution in [2.24, 2.45) is 5.92 Å². The van der Waals surface area contributed by atoms with E-state index in [2.05, 4.69) is 23.8 Å². The van der Waals surface area contributed by atoms with Gasteiger partial charge in [0, 0.05) is 12.0 Å². The van der Waals surface area contributed by atoms with Crippen molar-refractivity contribution in [3.8, 4) is 0 Å². The van der Waals surface area contributed by atoms with Gasteiger partial charge in [-0.3, -0.25) is 0 Å². The van der Waals surface area contributed by atoms with Crippen molar-refractivity contribution in [2.75, 3.05) is 7.05 Å². The van der Waals surface area contributed by atoms with Crippen LogP contribution in [0.5, 0.6) is 0 Å². The van der Waals surface area contributed by atoms with E-state index in [0.29, 0.717) is 6.42 Å². The minimum absolute atomic E-state index is 0.000590. The summed E-state index contributed by atoms with van der Waals surface area (Å²) in [6, 6.07) is -0.541. The van der Waals surface area contributed by atoms with E-state index < -0.39 is 17.7 Å². The van der Waals surface area contributed by atoms with Crippen LogP contribution in [-0.2, 0) is 9.53 Å². The molecule has 5 nitrogen and oxygen atoms in total. The van der Waals surface area contributed by atoms with E-state index in [-0.39, 0.29) is 12.0 Å². The van der Waals surface area contributed by atoms with Crippen molar-refractivity contribution in [3.05, 3.63) is 37.0 Å². The van der Waals surface area contributed by atoms with Gasteiger partial charge in [0.2, 0.25) is 0 Å². The van der Waals surface area contributed by atoms with E-state index in [9.17, 15) is 9.59 Å². The molecule has 1 amide bonds. The van der Waals surface area contributed by atoms with E-state index in [0.717, 1.165) is 11.9 Å². The average Bonchev–Trinajstić information content (AvgIpc) is 2.46. The summed E-state index contributed by atoms with van der Waals surface area (Å²) >= 11 is 0. The molecule has 0 saturated heterocycles. The van der Waals surface area contributed by atoms with Crippen LogP contribution in [0.2, 0.25) is 0 Å². The standard InChI is InChI=1S/C18H30N2O3/c1-8-10-14(9-2)16(13(3)19-7)11-15(12-21)20-17(22)23-18(4,5)6/h8-10,12-13,15-16,19H,1-2,11H2,3-7H3,(H,20,22)/b14-10+. The van der Waals surface area contributed by atoms with E-state index in [4.69, 9.17) is 4.74 Å². The molecule has 23 heavy (non-hydrogen) atoms. The monoisotopic (exact) mass is 322 g/mol. The molecule has 0 aliphatic rings. The molecule has 5 heteroatoms. The summed E-state index contributed by atoms with van der Waals surface area (Å²) in [7, 11) is 1.85. The summed E-state index contributed by atoms with van der Waals surface area (Å²) in [5, 5.41) is 5.79. The number of hydrogen-bond donors (Lipinski definition) is 2. The van der Waals surface area contributed by atoms with Gasteiger partial charge >= 0.3 is 6.09 Å². The van der Waals surface area contributed by atoms with Crippen LogP contribution in [0.15, 0.2) is 37.0 Å². The molecule has 0 heterocycles. The van der Waals surface area contributed by atoms with Gasteiger partial charge in [-0.05, 0) is 46.7 Å². The van der Waals surface area contributed by atoms with Crippen LogP contribution in [0, 0.1) is 5.92 Å². The highest BCUT2D eigenvalue weighted by Gasteiger charge is 2.25. The maximum atomic E-state index is 11.9. The van der Waals surface area contributed by atoms with Crippen LogP contribution in [0.3, 0.4) is 0 Å². The summed E-state index contributed by atoms with van der Waals surface area (Å²) in [5.41, 5.74) is 0.351. The van der Waals surface area contributed by atoms with E-state index in [1.165, 1.54) is 0 Å². The molecular weight excluding hydrogens is 292 g/mol. The number of allylic oxidation sites excluding steroid dienone is 3. The molecule has 0 aromatic carbocycles. The maximum Gasteiger partial charge on any atom is 0.408 e. The van der Waals surface area contributed by atoms with Crippen LogP contribution < -0.4 is 10.6 Å². The first kappa shape index (κ1) is 21.1. The lowest BCUT2D eigenvalue weighted by atomic mass is 9.86. The minimum Gasteiger partial charge on any atom is -0.444 e. The molecule has 0 bridgehead atoms. The summed E-state index contributed by atoms with van der Waals surface area (Å²) in [6.45, 7) is 14.9. The van der Waals surface area contributed by atoms with Crippen molar-refractivity contribution in [1.29, 1.82) is 0 Å². The second-order valence-corrected chi connectivity index (χ2v) is 6.41. The number of ether oxygens (including phenoxy) is 1. The molecule has 0 spiro atoms. The summed E-state index contributed by atoms with van der Waals surface area (Å²) < 4.78 is 5.20. The Hall–Kier alpha value is -1.88. The molecule has 0 saturated carbocycles. The molecule has 130 valence electrons. The Kier molecular flexibility index (Phi) is 9.18. The molecule has 0 fully saturated rings. The number of nitrogens with one attached hydrogen (secondary N) is 2. The van der Waals surface area contributed by atoms with Gasteiger partial charge in [0.1, 0.15) is 11.9 Å². The lowest BCUT2D eigenvalue weighted by molar-refractivity contribution is -0.110. The molecule has 3 unspecified atom stereocenters. The van der Waals surface area contributed by atoms with Crippen LogP contribution >= 0.6 is 0 Å². The lowest BCUT2D eigenvalue weighted by Crippen LogP contribution is -2.43. The Morgan fingerprint density at radius 3 is 2.30 bits per heavy atom. The summed E-state index contributed by atoms with van der Waals surface area (Å²) in [5.74, 6) is 0.000590. The van der Waals surface area contributed by atoms with Crippen molar-refractivity contribution >= 4 is 12.4 Å². The smallest absolute Gasteiger partial charge is 0.408 e. The maximum absolute atomic E-state index is 11.9. The van der Waals surface area contributed by atoms with Crippen molar-refractivity contribution in [3.63, 3.8) is 0 Å². The molecule has 0 aromatic rings. The molecule has 0 radical (unpaired) electrons. The first-order chi connectivity index (χ1) is 10.7. The zero-order valence-electron chi connectivity index (χ0n) is 14.9. The largest absolute Gasteiger partial charge is 0.444 e. The number of carbonyl (C=O) groups excluding carboxylic acids is 2. The molecule has 0 aliphatic heterocycles. The predicted molar refractivity (Wildman–Crippen MR) is 94.3 cm³/mol. The quantitative estimate of drug-likeness (QED) is 0.506. The number of aldehydes is 1. The zero-order chi connectivity index (χ0) is 18.0. The topological polar surface area (TPSA) is 67.4 Å². The number of amides is 1. The second-order valence-electron chi connectivity index (χ2n) is 6.41. The van der Waals surface area contributed by atoms with Crippen LogP contribution in [0.25, 0.3) is 0 Å². The highest BCUT2D eigenvalue weighted by molar-refractivity contribution is 5.73. The zero-order valence-corrected chi connectivity index (χ0v) is 14.9. The van der Waals surface area contributed by atoms with Crippen molar-refractivity contribution in [2.45, 2.75) is 51.8 Å². The number of carbonyl (C=O) groups is 2. The third-order valence-electron chi connectivity index (χ3n) is 3.41. The lowest BCUT2D eigenvalue weighted by Gasteiger charge is -2.28. The Morgan fingerprint density at radius 1 is 1.30 bits per heavy atom. The molecule has 0 aliphatic carbocycles. The molecule has 0 aromatic heterocycles. The molecule has 3 atom stereocenters. The second kappa shape index (κ2) is 10.0. The molecule has 2 N–H and O–H groups in total. The Balaban J connectivity index is 5.10. The molecule has 0 rings (SSSR count). The van der Waals surface area contributed by atoms with Gasteiger partial charge in [-0.25, -0.2) is 4.79 Å². The Morgan fingerprint density at radius 2 is 1.91 bits per heavy atom. The highest BCUT2D eigenvalue weighted by atomic mass is 16.6. The van der Waals surface area contributed by atoms with Gasteiger partial charge in [-0.15, -0.1) is 0 Å². The fourth-order valence-electron chi connectivity index (χ4n) is 2.19. The summed E-state index contributed by atoms with van der Waals surface area (Å²) in [6.07, 6.45) is 5.86. The first-order valence-electron chi connectivity index (χ1n) is 7.75. The third kappa shape index (κ3) is 8.35. The van der Waals surface area contributed by atoms with Crippen LogP contribution in [0.1, 0.15) is 34.1 Å². The van der Waals surface area contributed by atoms with Crippen molar-refractivity contribution < 1.29 is 14.3 Å². The van der Waals surface area contributed by atoms with Gasteiger partial charge in [0.15, 0.2) is 0 Å². The predicted octanol–water partition coefficient (Wildman–Crippen LogP) is 2.99. The Labute approximate surface area is 139 Å². The number of rotatable bonds is 9. The molecular formula is C18H30N2O3. The first-order valence-corrected chi connectivity index (χ1v) is 7.75. The van der Waals surface area contributed by atoms with Gasteiger partial charge in [0.25, 0.3) is 0 Å².